The van der Waals surface area contributed by atoms with Gasteiger partial charge in [-0.05, 0) is 0 Å². The first-order chi connectivity index (χ1) is 18.9. The summed E-state index contributed by atoms with van der Waals surface area (Å²) >= 11 is -4.16. The van der Waals surface area contributed by atoms with Gasteiger partial charge in [-0.15, -0.1) is 24.8 Å². The molecular formula is C39H44Cl2Zr. The van der Waals surface area contributed by atoms with Crippen molar-refractivity contribution in [2.75, 3.05) is 0 Å². The second-order valence-electron chi connectivity index (χ2n) is 14.2. The summed E-state index contributed by atoms with van der Waals surface area (Å²) in [6.45, 7) is 16.8. The molecule has 218 valence electrons. The maximum atomic E-state index is 5.50. The van der Waals surface area contributed by atoms with Crippen LogP contribution in [0.2, 0.25) is 4.13 Å². The van der Waals surface area contributed by atoms with E-state index in [4.69, 9.17) is 4.21 Å². The van der Waals surface area contributed by atoms with Gasteiger partial charge in [0.1, 0.15) is 0 Å². The SMILES string of the molecule is Cl.Cl.[CH2]=[Zr]([CH2]C)([C]1=CC=CC1)([C]1=C(C)c2cc3c(cc2C1(C)C)Cc1cc2c(cc1-3)C(C)=CC2(C)C)[c]1ccccc1. The monoisotopic (exact) mass is 672 g/mol. The van der Waals surface area contributed by atoms with E-state index >= 15 is 0 Å². The van der Waals surface area contributed by atoms with Gasteiger partial charge in [-0.3, -0.25) is 0 Å². The second kappa shape index (κ2) is 9.99. The molecule has 0 atom stereocenters. The zero-order valence-corrected chi connectivity index (χ0v) is 30.2. The van der Waals surface area contributed by atoms with Gasteiger partial charge >= 0.3 is 243 Å². The van der Waals surface area contributed by atoms with E-state index in [-0.39, 0.29) is 35.6 Å². The molecule has 7 rings (SSSR count). The number of rotatable bonds is 4. The zero-order chi connectivity index (χ0) is 28.3. The van der Waals surface area contributed by atoms with Crippen LogP contribution >= 0.6 is 24.8 Å². The standard InChI is InChI=1S/C25H25.C6H5.C5H5.C2H5.CH2.2ClH.Zr/c1-14-12-24(3,4)22-8-16-7-17-9-23-19(15(2)13-25(23,5)6)11-21(17)20(16)10-18(14)22;1-2-4-6-5-3-1;1-2-4-5-3-1;1-2;;;;/h8-12H,7H2,1-6H3;1-5H;1-3H,4H2;1H2,2H3;1H2;2*1H;. The molecular weight excluding hydrogens is 631 g/mol. The Morgan fingerprint density at radius 2 is 1.43 bits per heavy atom. The van der Waals surface area contributed by atoms with E-state index < -0.39 is 18.3 Å². The Hall–Kier alpha value is -2.05. The Kier molecular flexibility index (Phi) is 7.46. The minimum absolute atomic E-state index is 0. The molecule has 42 heavy (non-hydrogen) atoms. The summed E-state index contributed by atoms with van der Waals surface area (Å²) in [4.78, 5) is 0. The van der Waals surface area contributed by atoms with Crippen molar-refractivity contribution in [3.8, 4) is 11.1 Å². The minimum atomic E-state index is -4.16. The van der Waals surface area contributed by atoms with Crippen molar-refractivity contribution in [3.63, 3.8) is 0 Å². The summed E-state index contributed by atoms with van der Waals surface area (Å²) in [5, 5.41) is 0. The van der Waals surface area contributed by atoms with Crippen LogP contribution in [0.4, 0.5) is 0 Å². The molecule has 0 saturated heterocycles. The predicted octanol–water partition coefficient (Wildman–Crippen LogP) is 10.5. The van der Waals surface area contributed by atoms with Crippen molar-refractivity contribution >= 4 is 43.4 Å². The zero-order valence-electron chi connectivity index (χ0n) is 26.2. The van der Waals surface area contributed by atoms with Crippen molar-refractivity contribution in [2.24, 2.45) is 0 Å². The Morgan fingerprint density at radius 3 is 2.02 bits per heavy atom. The molecule has 3 heteroatoms. The van der Waals surface area contributed by atoms with Crippen LogP contribution < -0.4 is 3.27 Å². The van der Waals surface area contributed by atoms with Crippen LogP contribution in [-0.4, -0.2) is 4.21 Å². The van der Waals surface area contributed by atoms with Crippen molar-refractivity contribution in [2.45, 2.75) is 76.3 Å². The molecule has 0 saturated carbocycles. The molecule has 0 bridgehead atoms. The Morgan fingerprint density at radius 1 is 0.810 bits per heavy atom. The van der Waals surface area contributed by atoms with Gasteiger partial charge < -0.3 is 0 Å². The summed E-state index contributed by atoms with van der Waals surface area (Å²) in [6.07, 6.45) is 11.6. The summed E-state index contributed by atoms with van der Waals surface area (Å²) in [7, 11) is 0. The number of benzene rings is 3. The van der Waals surface area contributed by atoms with E-state index in [2.05, 4.69) is 127 Å². The third kappa shape index (κ3) is 3.85. The molecule has 3 aromatic rings. The van der Waals surface area contributed by atoms with Crippen molar-refractivity contribution in [3.05, 3.63) is 119 Å². The van der Waals surface area contributed by atoms with Crippen LogP contribution in [0, 0.1) is 0 Å². The average molecular weight is 675 g/mol. The van der Waals surface area contributed by atoms with Gasteiger partial charge in [-0.1, -0.05) is 0 Å². The molecule has 0 heterocycles. The van der Waals surface area contributed by atoms with Crippen molar-refractivity contribution in [1.82, 2.24) is 0 Å². The van der Waals surface area contributed by atoms with Gasteiger partial charge in [0.2, 0.25) is 0 Å². The predicted molar refractivity (Wildman–Crippen MR) is 187 cm³/mol. The topological polar surface area (TPSA) is 0 Å². The van der Waals surface area contributed by atoms with Crippen LogP contribution in [0.3, 0.4) is 0 Å². The fourth-order valence-electron chi connectivity index (χ4n) is 9.45. The normalized spacial score (nSPS) is 18.9. The van der Waals surface area contributed by atoms with Gasteiger partial charge in [0.25, 0.3) is 0 Å². The summed E-state index contributed by atoms with van der Waals surface area (Å²) in [6, 6.07) is 21.6. The molecule has 4 aliphatic rings. The molecule has 3 aromatic carbocycles. The van der Waals surface area contributed by atoms with Gasteiger partial charge in [-0.2, -0.15) is 0 Å². The van der Waals surface area contributed by atoms with E-state index in [0.717, 1.165) is 17.0 Å². The van der Waals surface area contributed by atoms with Crippen LogP contribution in [0.1, 0.15) is 88.3 Å². The molecule has 0 amide bonds. The number of fused-ring (bicyclic) bond motifs is 5. The molecule has 0 unspecified atom stereocenters. The molecule has 0 nitrogen and oxygen atoms in total. The number of halogens is 2. The first-order valence-electron chi connectivity index (χ1n) is 15.1. The summed E-state index contributed by atoms with van der Waals surface area (Å²) < 4.78 is 11.4. The van der Waals surface area contributed by atoms with Crippen molar-refractivity contribution in [1.29, 1.82) is 0 Å². The summed E-state index contributed by atoms with van der Waals surface area (Å²) in [5.41, 5.74) is 14.7. The van der Waals surface area contributed by atoms with E-state index in [1.165, 1.54) is 58.9 Å². The van der Waals surface area contributed by atoms with E-state index in [0.29, 0.717) is 0 Å². The molecule has 0 aliphatic heterocycles. The molecule has 4 aliphatic carbocycles. The molecule has 0 radical (unpaired) electrons. The Bertz CT molecular complexity index is 1840. The van der Waals surface area contributed by atoms with Crippen LogP contribution in [-0.2, 0) is 35.5 Å². The van der Waals surface area contributed by atoms with Gasteiger partial charge in [0.15, 0.2) is 0 Å². The third-order valence-corrected chi connectivity index (χ3v) is 29.6. The second-order valence-corrected chi connectivity index (χ2v) is 28.4. The van der Waals surface area contributed by atoms with Crippen LogP contribution in [0.5, 0.6) is 0 Å². The first kappa shape index (κ1) is 31.4. The van der Waals surface area contributed by atoms with Gasteiger partial charge in [0, 0.05) is 0 Å². The van der Waals surface area contributed by atoms with Gasteiger partial charge in [-0.25, -0.2) is 0 Å². The third-order valence-electron chi connectivity index (χ3n) is 11.3. The molecule has 0 fully saturated rings. The van der Waals surface area contributed by atoms with E-state index in [1.807, 2.05) is 0 Å². The number of allylic oxidation sites excluding steroid dienone is 8. The van der Waals surface area contributed by atoms with Crippen molar-refractivity contribution < 1.29 is 18.3 Å². The first-order valence-corrected chi connectivity index (χ1v) is 22.3. The fourth-order valence-corrected chi connectivity index (χ4v) is 26.6. The maximum absolute atomic E-state index is 5.50. The molecule has 0 spiro atoms. The van der Waals surface area contributed by atoms with E-state index in [9.17, 15) is 0 Å². The number of hydrogen-bond donors (Lipinski definition) is 0. The summed E-state index contributed by atoms with van der Waals surface area (Å²) in [5.74, 6) is 0. The average Bonchev–Trinajstić information content (AvgIpc) is 3.68. The van der Waals surface area contributed by atoms with Crippen LogP contribution in [0.15, 0.2) is 85.5 Å². The van der Waals surface area contributed by atoms with Crippen LogP contribution in [0.25, 0.3) is 22.3 Å². The Balaban J connectivity index is 0.00000176. The van der Waals surface area contributed by atoms with E-state index in [1.54, 1.807) is 6.56 Å². The van der Waals surface area contributed by atoms with Gasteiger partial charge in [0.05, 0.1) is 0 Å². The Labute approximate surface area is 266 Å². The quantitative estimate of drug-likeness (QED) is 0.202. The molecule has 0 N–H and O–H groups in total. The molecule has 0 aromatic heterocycles. The number of hydrogen-bond acceptors (Lipinski definition) is 0. The fraction of sp³-hybridized carbons (Fsp3) is 0.308.